The first-order valence-electron chi connectivity index (χ1n) is 12.8. The van der Waals surface area contributed by atoms with Gasteiger partial charge >= 0.3 is 0 Å². The summed E-state index contributed by atoms with van der Waals surface area (Å²) in [7, 11) is 1.49. The molecule has 2 aliphatic rings. The van der Waals surface area contributed by atoms with Crippen LogP contribution in [0.4, 0.5) is 4.39 Å². The molecule has 0 radical (unpaired) electrons. The second kappa shape index (κ2) is 10.9. The van der Waals surface area contributed by atoms with Gasteiger partial charge in [0.1, 0.15) is 12.9 Å². The van der Waals surface area contributed by atoms with Gasteiger partial charge < -0.3 is 19.6 Å². The highest BCUT2D eigenvalue weighted by Gasteiger charge is 2.32. The lowest BCUT2D eigenvalue weighted by Crippen LogP contribution is -2.44. The van der Waals surface area contributed by atoms with Gasteiger partial charge in [-0.1, -0.05) is 19.0 Å². The molecule has 1 aliphatic heterocycles. The Kier molecular flexibility index (Phi) is 7.91. The maximum Gasteiger partial charge on any atom is 0.217 e. The number of nitrogens with one attached hydrogen (secondary N) is 1. The van der Waals surface area contributed by atoms with Gasteiger partial charge in [-0.25, -0.2) is 4.39 Å². The number of fused-ring (bicyclic) bond motifs is 1. The largest absolute Gasteiger partial charge is 0.399 e. The molecule has 7 heteroatoms. The molecule has 1 aromatic heterocycles. The van der Waals surface area contributed by atoms with Gasteiger partial charge in [-0.05, 0) is 68.6 Å². The smallest absolute Gasteiger partial charge is 0.217 e. The van der Waals surface area contributed by atoms with Gasteiger partial charge in [0.2, 0.25) is 5.91 Å². The fourth-order valence-electron chi connectivity index (χ4n) is 6.06. The van der Waals surface area contributed by atoms with Gasteiger partial charge in [-0.3, -0.25) is 4.79 Å². The first kappa shape index (κ1) is 24.7. The zero-order valence-corrected chi connectivity index (χ0v) is 21.0. The van der Waals surface area contributed by atoms with Gasteiger partial charge in [0.05, 0.1) is 12.8 Å². The molecule has 2 aromatic rings. The van der Waals surface area contributed by atoms with Crippen LogP contribution in [-0.4, -0.2) is 47.8 Å². The number of carbonyl (C=O) groups excluding carboxylic acids is 1. The number of nitrogens with zero attached hydrogens (tertiary/aromatic N) is 3. The molecule has 2 heterocycles. The van der Waals surface area contributed by atoms with Gasteiger partial charge in [-0.2, -0.15) is 0 Å². The van der Waals surface area contributed by atoms with Crippen LogP contribution in [-0.2, 0) is 16.2 Å². The summed E-state index contributed by atoms with van der Waals surface area (Å²) in [5.41, 5.74) is 2.74. The molecule has 186 valence electrons. The van der Waals surface area contributed by atoms with E-state index in [-0.39, 0.29) is 11.7 Å². The van der Waals surface area contributed by atoms with Crippen molar-refractivity contribution in [3.63, 3.8) is 0 Å². The van der Waals surface area contributed by atoms with Crippen LogP contribution >= 0.6 is 0 Å². The Morgan fingerprint density at radius 3 is 2.50 bits per heavy atom. The Balaban J connectivity index is 1.58. The number of hydrogen-bond donors (Lipinski definition) is 1. The van der Waals surface area contributed by atoms with E-state index in [1.807, 2.05) is 6.07 Å². The molecule has 34 heavy (non-hydrogen) atoms. The van der Waals surface area contributed by atoms with Crippen LogP contribution in [0.25, 0.3) is 10.9 Å². The van der Waals surface area contributed by atoms with E-state index in [1.165, 1.54) is 45.8 Å². The summed E-state index contributed by atoms with van der Waals surface area (Å²) in [6.07, 6.45) is 9.03. The number of benzene rings is 1. The number of aromatic nitrogens is 1. The normalized spacial score (nSPS) is 22.6. The van der Waals surface area contributed by atoms with Crippen molar-refractivity contribution in [3.8, 4) is 0 Å². The second-order valence-corrected chi connectivity index (χ2v) is 10.3. The minimum atomic E-state index is -0.283. The number of amides is 1. The summed E-state index contributed by atoms with van der Waals surface area (Å²) in [6, 6.07) is 5.92. The Labute approximate surface area is 202 Å². The van der Waals surface area contributed by atoms with Crippen LogP contribution < -0.4 is 5.32 Å². The van der Waals surface area contributed by atoms with E-state index >= 15 is 0 Å². The molecule has 2 fully saturated rings. The van der Waals surface area contributed by atoms with Gasteiger partial charge in [0.15, 0.2) is 0 Å². The number of carbonyl (C=O) groups is 1. The number of hydrogen-bond acceptors (Lipinski definition) is 4. The fourth-order valence-corrected chi connectivity index (χ4v) is 6.06. The molecule has 6 nitrogen and oxygen atoms in total. The zero-order chi connectivity index (χ0) is 24.2. The molecule has 0 unspecified atom stereocenters. The summed E-state index contributed by atoms with van der Waals surface area (Å²) in [5, 5.41) is 7.72. The van der Waals surface area contributed by atoms with Crippen molar-refractivity contribution >= 4 is 23.0 Å². The minimum Gasteiger partial charge on any atom is -0.399 e. The maximum atomic E-state index is 14.2. The molecule has 0 spiro atoms. The third kappa shape index (κ3) is 5.29. The van der Waals surface area contributed by atoms with E-state index in [2.05, 4.69) is 33.8 Å². The fraction of sp³-hybridized carbons (Fsp3) is 0.630. The highest BCUT2D eigenvalue weighted by Crippen LogP contribution is 2.37. The van der Waals surface area contributed by atoms with Crippen molar-refractivity contribution in [2.45, 2.75) is 77.9 Å². The van der Waals surface area contributed by atoms with Crippen LogP contribution in [0.5, 0.6) is 0 Å². The highest BCUT2D eigenvalue weighted by molar-refractivity contribution is 6.01. The summed E-state index contributed by atoms with van der Waals surface area (Å²) >= 11 is 0. The van der Waals surface area contributed by atoms with E-state index in [9.17, 15) is 9.18 Å². The summed E-state index contributed by atoms with van der Waals surface area (Å²) in [4.78, 5) is 19.4. The molecule has 1 saturated carbocycles. The number of likely N-dealkylation sites (tertiary alicyclic amines) is 1. The van der Waals surface area contributed by atoms with Crippen LogP contribution in [0.3, 0.4) is 0 Å². The predicted octanol–water partition coefficient (Wildman–Crippen LogP) is 5.25. The average molecular weight is 471 g/mol. The monoisotopic (exact) mass is 470 g/mol. The Morgan fingerprint density at radius 2 is 1.88 bits per heavy atom. The Bertz CT molecular complexity index is 1020. The van der Waals surface area contributed by atoms with Crippen molar-refractivity contribution in [1.29, 1.82) is 0 Å². The first-order chi connectivity index (χ1) is 16.4. The first-order valence-corrected chi connectivity index (χ1v) is 12.8. The minimum absolute atomic E-state index is 0.0931. The van der Waals surface area contributed by atoms with E-state index in [1.54, 1.807) is 12.3 Å². The zero-order valence-electron chi connectivity index (χ0n) is 21.0. The number of piperidine rings is 1. The molecule has 0 bridgehead atoms. The number of rotatable bonds is 7. The molecule has 1 saturated heterocycles. The second-order valence-electron chi connectivity index (χ2n) is 10.3. The van der Waals surface area contributed by atoms with E-state index in [0.717, 1.165) is 59.9 Å². The Morgan fingerprint density at radius 1 is 1.18 bits per heavy atom. The standard InChI is InChI=1S/C27H39FN4O2/c1-18(2)20-5-8-22(9-6-20)31-13-11-23(12-14-31)32-26-10-7-21(28)15-24(26)25(16-30-34-4)27(32)17-29-19(3)33/h7,10,15-16,18,20,22-23H,5-6,8-9,11-14,17H2,1-4H3,(H,29,33)/b30-16-. The molecule has 0 atom stereocenters. The summed E-state index contributed by atoms with van der Waals surface area (Å²) in [5.74, 6) is 1.29. The molecular formula is C27H39FN4O2. The van der Waals surface area contributed by atoms with E-state index in [0.29, 0.717) is 18.6 Å². The third-order valence-corrected chi connectivity index (χ3v) is 7.97. The third-order valence-electron chi connectivity index (χ3n) is 7.97. The van der Waals surface area contributed by atoms with Gasteiger partial charge in [0.25, 0.3) is 0 Å². The maximum absolute atomic E-state index is 14.2. The molecule has 4 rings (SSSR count). The van der Waals surface area contributed by atoms with Crippen molar-refractivity contribution in [2.24, 2.45) is 17.0 Å². The lowest BCUT2D eigenvalue weighted by atomic mass is 9.79. The Hall–Kier alpha value is -2.41. The van der Waals surface area contributed by atoms with E-state index in [4.69, 9.17) is 4.84 Å². The van der Waals surface area contributed by atoms with Crippen molar-refractivity contribution in [2.75, 3.05) is 20.2 Å². The lowest BCUT2D eigenvalue weighted by molar-refractivity contribution is -0.119. The molecule has 1 amide bonds. The topological polar surface area (TPSA) is 58.9 Å². The molecule has 1 aromatic carbocycles. The number of oxime groups is 1. The number of halogens is 1. The van der Waals surface area contributed by atoms with Crippen molar-refractivity contribution in [3.05, 3.63) is 35.3 Å². The van der Waals surface area contributed by atoms with Crippen molar-refractivity contribution < 1.29 is 14.0 Å². The highest BCUT2D eigenvalue weighted by atomic mass is 19.1. The van der Waals surface area contributed by atoms with Crippen LogP contribution in [0.1, 0.15) is 76.6 Å². The van der Waals surface area contributed by atoms with E-state index < -0.39 is 0 Å². The summed E-state index contributed by atoms with van der Waals surface area (Å²) < 4.78 is 16.5. The average Bonchev–Trinajstić information content (AvgIpc) is 3.13. The van der Waals surface area contributed by atoms with Gasteiger partial charge in [-0.15, -0.1) is 0 Å². The van der Waals surface area contributed by atoms with Crippen LogP contribution in [0.15, 0.2) is 23.4 Å². The van der Waals surface area contributed by atoms with Crippen LogP contribution in [0, 0.1) is 17.7 Å². The van der Waals surface area contributed by atoms with Crippen LogP contribution in [0.2, 0.25) is 0 Å². The molecular weight excluding hydrogens is 431 g/mol. The quantitative estimate of drug-likeness (QED) is 0.444. The summed E-state index contributed by atoms with van der Waals surface area (Å²) in [6.45, 7) is 8.74. The lowest BCUT2D eigenvalue weighted by Gasteiger charge is -2.42. The van der Waals surface area contributed by atoms with Gasteiger partial charge in [0, 0.05) is 54.3 Å². The molecule has 1 aliphatic carbocycles. The van der Waals surface area contributed by atoms with Crippen molar-refractivity contribution in [1.82, 2.24) is 14.8 Å². The molecule has 1 N–H and O–H groups in total. The predicted molar refractivity (Wildman–Crippen MR) is 134 cm³/mol. The SMILES string of the molecule is CO/N=C\c1c(CNC(C)=O)n(C2CCN(C3CCC(C(C)C)CC3)CC2)c2ccc(F)cc12.